The van der Waals surface area contributed by atoms with Crippen LogP contribution in [0.25, 0.3) is 0 Å². The quantitative estimate of drug-likeness (QED) is 0.528. The fraction of sp³-hybridized carbons (Fsp3) is 0.900. The van der Waals surface area contributed by atoms with Gasteiger partial charge in [0, 0.05) is 6.54 Å². The molecule has 8 heteroatoms. The molecule has 0 aliphatic rings. The monoisotopic (exact) mass is 283 g/mol. The van der Waals surface area contributed by atoms with Gasteiger partial charge in [0.05, 0.1) is 30.5 Å². The van der Waals surface area contributed by atoms with E-state index in [0.717, 1.165) is 0 Å². The topological polar surface area (TPSA) is 113 Å². The molecule has 0 aromatic rings. The Bertz CT molecular complexity index is 363. The summed E-state index contributed by atoms with van der Waals surface area (Å²) in [5.74, 6) is -1.42. The summed E-state index contributed by atoms with van der Waals surface area (Å²) in [4.78, 5) is 10.4. The Morgan fingerprint density at radius 3 is 2.44 bits per heavy atom. The number of hydrogen-bond acceptors (Lipinski definition) is 5. The van der Waals surface area contributed by atoms with Gasteiger partial charge in [0.2, 0.25) is 10.0 Å². The van der Waals surface area contributed by atoms with E-state index in [2.05, 4.69) is 4.72 Å². The highest BCUT2D eigenvalue weighted by molar-refractivity contribution is 7.89. The summed E-state index contributed by atoms with van der Waals surface area (Å²) >= 11 is 0. The first-order valence-electron chi connectivity index (χ1n) is 5.57. The Kier molecular flexibility index (Phi) is 6.76. The predicted octanol–water partition coefficient (Wildman–Crippen LogP) is -0.443. The van der Waals surface area contributed by atoms with E-state index in [4.69, 9.17) is 9.84 Å². The lowest BCUT2D eigenvalue weighted by atomic mass is 10.0. The van der Waals surface area contributed by atoms with Crippen LogP contribution in [-0.4, -0.2) is 55.2 Å². The number of hydrogen-bond donors (Lipinski definition) is 3. The molecule has 0 aromatic heterocycles. The Morgan fingerprint density at radius 2 is 2.00 bits per heavy atom. The van der Waals surface area contributed by atoms with E-state index in [0.29, 0.717) is 0 Å². The Balaban J connectivity index is 4.14. The number of aliphatic hydroxyl groups is 1. The maximum atomic E-state index is 11.5. The van der Waals surface area contributed by atoms with Gasteiger partial charge in [0.15, 0.2) is 0 Å². The van der Waals surface area contributed by atoms with E-state index in [1.807, 2.05) is 0 Å². The molecule has 0 bridgehead atoms. The van der Waals surface area contributed by atoms with Crippen LogP contribution in [-0.2, 0) is 19.6 Å². The molecule has 0 amide bonds. The number of carboxylic acids is 1. The first-order chi connectivity index (χ1) is 8.04. The molecule has 0 rings (SSSR count). The Hall–Kier alpha value is -0.700. The normalized spacial score (nSPS) is 15.6. The zero-order valence-electron chi connectivity index (χ0n) is 10.8. The SMILES string of the molecule is CC(C)OCCS(=O)(=O)NCC(C)(O)CC(=O)O. The van der Waals surface area contributed by atoms with Gasteiger partial charge < -0.3 is 14.9 Å². The molecule has 0 aliphatic heterocycles. The molecule has 0 radical (unpaired) electrons. The van der Waals surface area contributed by atoms with Crippen LogP contribution in [0.3, 0.4) is 0 Å². The van der Waals surface area contributed by atoms with E-state index < -0.39 is 28.0 Å². The van der Waals surface area contributed by atoms with Crippen molar-refractivity contribution in [3.63, 3.8) is 0 Å². The van der Waals surface area contributed by atoms with Crippen molar-refractivity contribution in [1.29, 1.82) is 0 Å². The van der Waals surface area contributed by atoms with Crippen molar-refractivity contribution in [2.24, 2.45) is 0 Å². The number of rotatable bonds is 9. The Labute approximate surface area is 107 Å². The molecule has 0 fully saturated rings. The molecule has 0 heterocycles. The van der Waals surface area contributed by atoms with Gasteiger partial charge in [-0.2, -0.15) is 0 Å². The van der Waals surface area contributed by atoms with Crippen molar-refractivity contribution in [2.75, 3.05) is 18.9 Å². The minimum absolute atomic E-state index is 0.0497. The standard InChI is InChI=1S/C10H21NO6S/c1-8(2)17-4-5-18(15,16)11-7-10(3,14)6-9(12)13/h8,11,14H,4-7H2,1-3H3,(H,12,13). The highest BCUT2D eigenvalue weighted by Gasteiger charge is 2.26. The minimum atomic E-state index is -3.57. The molecule has 3 N–H and O–H groups in total. The second-order valence-electron chi connectivity index (χ2n) is 4.63. The van der Waals surface area contributed by atoms with E-state index in [-0.39, 0.29) is 25.0 Å². The molecule has 0 aliphatic carbocycles. The lowest BCUT2D eigenvalue weighted by Gasteiger charge is -2.21. The third kappa shape index (κ3) is 9.34. The fourth-order valence-corrected chi connectivity index (χ4v) is 2.11. The number of ether oxygens (including phenoxy) is 1. The lowest BCUT2D eigenvalue weighted by Crippen LogP contribution is -2.43. The van der Waals surface area contributed by atoms with E-state index >= 15 is 0 Å². The van der Waals surface area contributed by atoms with Gasteiger partial charge in [-0.3, -0.25) is 4.79 Å². The van der Waals surface area contributed by atoms with Crippen molar-refractivity contribution in [2.45, 2.75) is 38.9 Å². The van der Waals surface area contributed by atoms with Crippen LogP contribution in [0.2, 0.25) is 0 Å². The first kappa shape index (κ1) is 17.3. The molecule has 1 atom stereocenters. The van der Waals surface area contributed by atoms with Crippen molar-refractivity contribution in [1.82, 2.24) is 4.72 Å². The second-order valence-corrected chi connectivity index (χ2v) is 6.55. The molecular formula is C10H21NO6S. The summed E-state index contributed by atoms with van der Waals surface area (Å²) < 4.78 is 30.2. The molecule has 108 valence electrons. The average Bonchev–Trinajstić information content (AvgIpc) is 2.12. The average molecular weight is 283 g/mol. The van der Waals surface area contributed by atoms with Crippen LogP contribution in [0.5, 0.6) is 0 Å². The molecule has 0 saturated carbocycles. The minimum Gasteiger partial charge on any atom is -0.481 e. The van der Waals surface area contributed by atoms with E-state index in [1.54, 1.807) is 13.8 Å². The Morgan fingerprint density at radius 1 is 1.44 bits per heavy atom. The number of sulfonamides is 1. The van der Waals surface area contributed by atoms with Gasteiger partial charge >= 0.3 is 5.97 Å². The number of nitrogens with one attached hydrogen (secondary N) is 1. The third-order valence-electron chi connectivity index (χ3n) is 2.01. The zero-order valence-corrected chi connectivity index (χ0v) is 11.7. The zero-order chi connectivity index (χ0) is 14.4. The smallest absolute Gasteiger partial charge is 0.306 e. The fourth-order valence-electron chi connectivity index (χ4n) is 1.12. The molecule has 1 unspecified atom stereocenters. The van der Waals surface area contributed by atoms with Crippen molar-refractivity contribution in [3.8, 4) is 0 Å². The summed E-state index contributed by atoms with van der Waals surface area (Å²) in [6.45, 7) is 4.54. The largest absolute Gasteiger partial charge is 0.481 e. The summed E-state index contributed by atoms with van der Waals surface area (Å²) in [5.41, 5.74) is -1.61. The summed E-state index contributed by atoms with van der Waals surface area (Å²) in [6, 6.07) is 0. The highest BCUT2D eigenvalue weighted by atomic mass is 32.2. The van der Waals surface area contributed by atoms with Gasteiger partial charge in [0.1, 0.15) is 0 Å². The summed E-state index contributed by atoms with van der Waals surface area (Å²) in [7, 11) is -3.57. The number of aliphatic carboxylic acids is 1. The number of carboxylic acid groups (broad SMARTS) is 1. The van der Waals surface area contributed by atoms with Crippen LogP contribution < -0.4 is 4.72 Å². The molecular weight excluding hydrogens is 262 g/mol. The van der Waals surface area contributed by atoms with Gasteiger partial charge in [0.25, 0.3) is 0 Å². The molecule has 0 aromatic carbocycles. The molecule has 0 spiro atoms. The van der Waals surface area contributed by atoms with Gasteiger partial charge in [-0.05, 0) is 20.8 Å². The second kappa shape index (κ2) is 7.03. The van der Waals surface area contributed by atoms with Crippen LogP contribution >= 0.6 is 0 Å². The molecule has 18 heavy (non-hydrogen) atoms. The van der Waals surface area contributed by atoms with Crippen molar-refractivity contribution < 1.29 is 28.2 Å². The van der Waals surface area contributed by atoms with Gasteiger partial charge in [-0.1, -0.05) is 0 Å². The first-order valence-corrected chi connectivity index (χ1v) is 7.22. The van der Waals surface area contributed by atoms with Gasteiger partial charge in [-0.25, -0.2) is 13.1 Å². The maximum absolute atomic E-state index is 11.5. The molecule has 0 saturated heterocycles. The number of carbonyl (C=O) groups is 1. The lowest BCUT2D eigenvalue weighted by molar-refractivity contribution is -0.141. The van der Waals surface area contributed by atoms with E-state index in [9.17, 15) is 18.3 Å². The molecule has 7 nitrogen and oxygen atoms in total. The highest BCUT2D eigenvalue weighted by Crippen LogP contribution is 2.08. The van der Waals surface area contributed by atoms with Gasteiger partial charge in [-0.15, -0.1) is 0 Å². The van der Waals surface area contributed by atoms with Crippen molar-refractivity contribution >= 4 is 16.0 Å². The van der Waals surface area contributed by atoms with Crippen LogP contribution in [0.15, 0.2) is 0 Å². The van der Waals surface area contributed by atoms with Crippen LogP contribution in [0.1, 0.15) is 27.2 Å². The third-order valence-corrected chi connectivity index (χ3v) is 3.30. The maximum Gasteiger partial charge on any atom is 0.306 e. The van der Waals surface area contributed by atoms with E-state index in [1.165, 1.54) is 6.92 Å². The van der Waals surface area contributed by atoms with Crippen LogP contribution in [0.4, 0.5) is 0 Å². The van der Waals surface area contributed by atoms with Crippen LogP contribution in [0, 0.1) is 0 Å². The predicted molar refractivity (Wildman–Crippen MR) is 65.8 cm³/mol. The summed E-state index contributed by atoms with van der Waals surface area (Å²) in [6.07, 6.45) is -0.590. The van der Waals surface area contributed by atoms with Crippen molar-refractivity contribution in [3.05, 3.63) is 0 Å². The summed E-state index contributed by atoms with van der Waals surface area (Å²) in [5, 5.41) is 18.1.